The van der Waals surface area contributed by atoms with Gasteiger partial charge in [0.15, 0.2) is 0 Å². The predicted octanol–water partition coefficient (Wildman–Crippen LogP) is 3.89. The van der Waals surface area contributed by atoms with Crippen molar-refractivity contribution in [3.05, 3.63) is 53.9 Å². The van der Waals surface area contributed by atoms with Crippen LogP contribution in [-0.4, -0.2) is 52.6 Å². The molecule has 2 aromatic heterocycles. The van der Waals surface area contributed by atoms with E-state index < -0.39 is 0 Å². The lowest BCUT2D eigenvalue weighted by atomic mass is 9.91. The minimum Gasteiger partial charge on any atom is -0.368 e. The maximum absolute atomic E-state index is 12.6. The molecule has 8 nitrogen and oxygen atoms in total. The van der Waals surface area contributed by atoms with E-state index in [4.69, 9.17) is 0 Å². The van der Waals surface area contributed by atoms with Gasteiger partial charge in [0.2, 0.25) is 5.91 Å². The van der Waals surface area contributed by atoms with E-state index in [9.17, 15) is 10.1 Å². The number of rotatable bonds is 4. The van der Waals surface area contributed by atoms with Gasteiger partial charge >= 0.3 is 0 Å². The first-order valence-electron chi connectivity index (χ1n) is 12.8. The van der Waals surface area contributed by atoms with Crippen LogP contribution in [0.2, 0.25) is 0 Å². The second-order valence-corrected chi connectivity index (χ2v) is 11.3. The second-order valence-electron chi connectivity index (χ2n) is 11.3. The van der Waals surface area contributed by atoms with Crippen LogP contribution in [0.25, 0.3) is 16.6 Å². The molecule has 2 N–H and O–H groups in total. The molecule has 0 saturated carbocycles. The summed E-state index contributed by atoms with van der Waals surface area (Å²) in [6.07, 6.45) is 5.23. The fourth-order valence-electron chi connectivity index (χ4n) is 5.20. The highest BCUT2D eigenvalue weighted by atomic mass is 16.2. The Hall–Kier alpha value is -3.41. The molecule has 0 aliphatic carbocycles. The first-order chi connectivity index (χ1) is 17.2. The number of pyridine rings is 1. The van der Waals surface area contributed by atoms with Crippen LogP contribution in [0.5, 0.6) is 0 Å². The largest absolute Gasteiger partial charge is 0.368 e. The number of carbonyl (C=O) groups is 1. The molecule has 36 heavy (non-hydrogen) atoms. The number of benzene rings is 1. The van der Waals surface area contributed by atoms with E-state index >= 15 is 0 Å². The van der Waals surface area contributed by atoms with Gasteiger partial charge in [-0.05, 0) is 48.1 Å². The summed E-state index contributed by atoms with van der Waals surface area (Å²) in [6.45, 7) is 11.6. The molecule has 1 amide bonds. The minimum atomic E-state index is 0.0102. The summed E-state index contributed by atoms with van der Waals surface area (Å²) in [5, 5.41) is 14.2. The van der Waals surface area contributed by atoms with E-state index in [1.165, 1.54) is 0 Å². The molecule has 1 aromatic carbocycles. The van der Waals surface area contributed by atoms with Crippen molar-refractivity contribution in [3.63, 3.8) is 0 Å². The van der Waals surface area contributed by atoms with Crippen LogP contribution in [0.1, 0.15) is 57.7 Å². The van der Waals surface area contributed by atoms with E-state index in [0.29, 0.717) is 18.0 Å². The van der Waals surface area contributed by atoms with Gasteiger partial charge in [0, 0.05) is 62.1 Å². The van der Waals surface area contributed by atoms with E-state index in [1.54, 1.807) is 6.20 Å². The number of hydrazine groups is 1. The summed E-state index contributed by atoms with van der Waals surface area (Å²) in [5.74, 6) is 0.247. The number of hydrogen-bond acceptors (Lipinski definition) is 6. The molecular formula is C28H35N7O. The topological polar surface area (TPSA) is 88.7 Å². The second kappa shape index (κ2) is 9.57. The lowest BCUT2D eigenvalue weighted by Crippen LogP contribution is -2.49. The number of piperazine rings is 1. The highest BCUT2D eigenvalue weighted by Crippen LogP contribution is 2.33. The number of amides is 1. The average Bonchev–Trinajstić information content (AvgIpc) is 3.48. The van der Waals surface area contributed by atoms with Gasteiger partial charge in [-0.25, -0.2) is 9.94 Å². The van der Waals surface area contributed by atoms with Crippen molar-refractivity contribution in [2.45, 2.75) is 52.6 Å². The lowest BCUT2D eigenvalue weighted by molar-refractivity contribution is -0.133. The van der Waals surface area contributed by atoms with Crippen LogP contribution >= 0.6 is 0 Å². The van der Waals surface area contributed by atoms with E-state index in [-0.39, 0.29) is 17.4 Å². The minimum absolute atomic E-state index is 0.0102. The first kappa shape index (κ1) is 24.3. The van der Waals surface area contributed by atoms with Crippen LogP contribution in [0.3, 0.4) is 0 Å². The van der Waals surface area contributed by atoms with Gasteiger partial charge in [0.25, 0.3) is 0 Å². The summed E-state index contributed by atoms with van der Waals surface area (Å²) in [4.78, 5) is 16.9. The number of nitriles is 1. The Morgan fingerprint density at radius 2 is 1.86 bits per heavy atom. The summed E-state index contributed by atoms with van der Waals surface area (Å²) >= 11 is 0. The molecular weight excluding hydrogens is 450 g/mol. The van der Waals surface area contributed by atoms with Crippen LogP contribution in [0.15, 0.2) is 42.7 Å². The monoisotopic (exact) mass is 485 g/mol. The molecule has 2 aliphatic rings. The molecule has 2 saturated heterocycles. The van der Waals surface area contributed by atoms with E-state index in [1.807, 2.05) is 15.6 Å². The van der Waals surface area contributed by atoms with Crippen molar-refractivity contribution in [2.24, 2.45) is 5.41 Å². The first-order valence-corrected chi connectivity index (χ1v) is 12.8. The van der Waals surface area contributed by atoms with Crippen molar-refractivity contribution in [1.29, 1.82) is 5.26 Å². The lowest BCUT2D eigenvalue weighted by Gasteiger charge is -2.37. The number of carbonyl (C=O) groups excluding carboxylic acids is 1. The molecule has 2 fully saturated rings. The zero-order chi connectivity index (χ0) is 25.4. The molecule has 2 atom stereocenters. The summed E-state index contributed by atoms with van der Waals surface area (Å²) < 4.78 is 1.83. The molecule has 2 unspecified atom stereocenters. The van der Waals surface area contributed by atoms with E-state index in [0.717, 1.165) is 60.5 Å². The molecule has 8 heteroatoms. The molecule has 4 heterocycles. The predicted molar refractivity (Wildman–Crippen MR) is 141 cm³/mol. The van der Waals surface area contributed by atoms with Gasteiger partial charge in [-0.1, -0.05) is 32.9 Å². The van der Waals surface area contributed by atoms with Gasteiger partial charge in [-0.2, -0.15) is 10.4 Å². The Bertz CT molecular complexity index is 1290. The Morgan fingerprint density at radius 1 is 1.14 bits per heavy atom. The number of nitrogens with zero attached hydrogens (tertiary/aromatic N) is 5. The maximum Gasteiger partial charge on any atom is 0.223 e. The fraction of sp³-hybridized carbons (Fsp3) is 0.464. The Labute approximate surface area is 212 Å². The molecule has 0 spiro atoms. The average molecular weight is 486 g/mol. The zero-order valence-electron chi connectivity index (χ0n) is 21.6. The van der Waals surface area contributed by atoms with Gasteiger partial charge in [0.1, 0.15) is 6.07 Å². The quantitative estimate of drug-likeness (QED) is 0.583. The van der Waals surface area contributed by atoms with Gasteiger partial charge in [-0.15, -0.1) is 0 Å². The fourth-order valence-corrected chi connectivity index (χ4v) is 5.20. The molecule has 0 radical (unpaired) electrons. The summed E-state index contributed by atoms with van der Waals surface area (Å²) in [6, 6.07) is 13.6. The molecule has 2 aliphatic heterocycles. The molecule has 5 rings (SSSR count). The number of nitrogens with one attached hydrogen (secondary N) is 2. The number of aromatic nitrogens is 2. The van der Waals surface area contributed by atoms with Crippen LogP contribution in [0, 0.1) is 16.7 Å². The summed E-state index contributed by atoms with van der Waals surface area (Å²) in [5.41, 5.74) is 12.4. The van der Waals surface area contributed by atoms with Gasteiger partial charge in [-0.3, -0.25) is 10.2 Å². The Morgan fingerprint density at radius 3 is 2.47 bits per heavy atom. The van der Waals surface area contributed by atoms with E-state index in [2.05, 4.69) is 84.9 Å². The van der Waals surface area contributed by atoms with Crippen molar-refractivity contribution >= 4 is 17.1 Å². The van der Waals surface area contributed by atoms with Crippen molar-refractivity contribution in [2.75, 3.05) is 31.1 Å². The van der Waals surface area contributed by atoms with Gasteiger partial charge in [0.05, 0.1) is 17.3 Å². The molecule has 3 aromatic rings. The van der Waals surface area contributed by atoms with Crippen molar-refractivity contribution in [1.82, 2.24) is 25.4 Å². The van der Waals surface area contributed by atoms with Crippen LogP contribution in [0.4, 0.5) is 5.69 Å². The van der Waals surface area contributed by atoms with Crippen molar-refractivity contribution in [3.8, 4) is 17.2 Å². The number of anilines is 1. The summed E-state index contributed by atoms with van der Waals surface area (Å²) in [7, 11) is 0. The maximum atomic E-state index is 12.6. The highest BCUT2D eigenvalue weighted by Gasteiger charge is 2.26. The SMILES string of the molecule is CC1CC(c2cc(-c3ccc(N4CCN(C(=O)CC(C)(C)C)CC4)cc3)c3c(C#N)cnn3c2)NN1. The molecule has 188 valence electrons. The highest BCUT2D eigenvalue weighted by molar-refractivity contribution is 5.85. The number of fused-ring (bicyclic) bond motifs is 1. The third-order valence-electron chi connectivity index (χ3n) is 7.11. The smallest absolute Gasteiger partial charge is 0.223 e. The third-order valence-corrected chi connectivity index (χ3v) is 7.11. The molecule has 0 bridgehead atoms. The third kappa shape index (κ3) is 4.95. The van der Waals surface area contributed by atoms with Gasteiger partial charge < -0.3 is 9.80 Å². The Balaban J connectivity index is 1.37. The standard InChI is InChI=1S/C28H35N7O/c1-19-13-25(32-31-19)21-14-24(27-22(16-29)17-30-35(27)18-21)20-5-7-23(8-6-20)33-9-11-34(12-10-33)26(36)15-28(2,3)4/h5-8,14,17-19,25,31-32H,9-13,15H2,1-4H3. The van der Waals surface area contributed by atoms with Crippen LogP contribution in [-0.2, 0) is 4.79 Å². The zero-order valence-corrected chi connectivity index (χ0v) is 21.6. The normalized spacial score (nSPS) is 20.6. The van der Waals surface area contributed by atoms with Crippen LogP contribution < -0.4 is 15.8 Å². The van der Waals surface area contributed by atoms with Crippen molar-refractivity contribution < 1.29 is 4.79 Å². The number of hydrogen-bond donors (Lipinski definition) is 2. The Kier molecular flexibility index (Phi) is 6.45.